The SMILES string of the molecule is Cc1coc2cc(OCc3cnn(-c4ccccc4)c3)ccc2c1=O. The summed E-state index contributed by atoms with van der Waals surface area (Å²) in [6.45, 7) is 2.12. The van der Waals surface area contributed by atoms with Gasteiger partial charge in [-0.2, -0.15) is 5.10 Å². The predicted molar refractivity (Wildman–Crippen MR) is 95.1 cm³/mol. The maximum Gasteiger partial charge on any atom is 0.195 e. The Hall–Kier alpha value is -3.34. The molecule has 2 aromatic heterocycles. The fraction of sp³-hybridized carbons (Fsp3) is 0.100. The molecule has 0 saturated heterocycles. The molecule has 0 unspecified atom stereocenters. The number of benzene rings is 2. The van der Waals surface area contributed by atoms with Gasteiger partial charge in [-0.1, -0.05) is 18.2 Å². The van der Waals surface area contributed by atoms with E-state index in [-0.39, 0.29) is 5.43 Å². The Morgan fingerprint density at radius 1 is 1.16 bits per heavy atom. The molecular weight excluding hydrogens is 316 g/mol. The first-order valence-electron chi connectivity index (χ1n) is 7.95. The van der Waals surface area contributed by atoms with Crippen LogP contribution in [0, 0.1) is 6.92 Å². The first kappa shape index (κ1) is 15.2. The normalized spacial score (nSPS) is 10.9. The molecular formula is C20H16N2O3. The molecule has 0 fully saturated rings. The molecule has 0 spiro atoms. The number of fused-ring (bicyclic) bond motifs is 1. The van der Waals surface area contributed by atoms with Crippen molar-refractivity contribution in [3.05, 3.63) is 88.5 Å². The standard InChI is InChI=1S/C20H16N2O3/c1-14-12-25-19-9-17(7-8-18(19)20(14)23)24-13-15-10-21-22(11-15)16-5-3-2-4-6-16/h2-12H,13H2,1H3. The monoisotopic (exact) mass is 332 g/mol. The third-order valence-electron chi connectivity index (χ3n) is 3.98. The van der Waals surface area contributed by atoms with Crippen molar-refractivity contribution in [3.63, 3.8) is 0 Å². The van der Waals surface area contributed by atoms with E-state index in [2.05, 4.69) is 5.10 Å². The number of aryl methyl sites for hydroxylation is 1. The van der Waals surface area contributed by atoms with E-state index in [0.29, 0.717) is 28.9 Å². The Morgan fingerprint density at radius 2 is 2.00 bits per heavy atom. The smallest absolute Gasteiger partial charge is 0.195 e. The van der Waals surface area contributed by atoms with Crippen LogP contribution in [0.3, 0.4) is 0 Å². The lowest BCUT2D eigenvalue weighted by molar-refractivity contribution is 0.306. The number of nitrogens with zero attached hydrogens (tertiary/aromatic N) is 2. The van der Waals surface area contributed by atoms with Crippen LogP contribution in [0.1, 0.15) is 11.1 Å². The summed E-state index contributed by atoms with van der Waals surface area (Å²) >= 11 is 0. The minimum absolute atomic E-state index is 0.0167. The zero-order valence-electron chi connectivity index (χ0n) is 13.7. The molecule has 4 rings (SSSR count). The van der Waals surface area contributed by atoms with Crippen molar-refractivity contribution in [2.24, 2.45) is 0 Å². The van der Waals surface area contributed by atoms with Gasteiger partial charge in [0.1, 0.15) is 17.9 Å². The zero-order chi connectivity index (χ0) is 17.2. The van der Waals surface area contributed by atoms with Gasteiger partial charge < -0.3 is 9.15 Å². The quantitative estimate of drug-likeness (QED) is 0.569. The van der Waals surface area contributed by atoms with Gasteiger partial charge in [-0.05, 0) is 31.2 Å². The summed E-state index contributed by atoms with van der Waals surface area (Å²) in [4.78, 5) is 12.0. The average molecular weight is 332 g/mol. The van der Waals surface area contributed by atoms with Crippen molar-refractivity contribution < 1.29 is 9.15 Å². The molecule has 2 heterocycles. The van der Waals surface area contributed by atoms with Gasteiger partial charge in [0.15, 0.2) is 5.43 Å². The van der Waals surface area contributed by atoms with Gasteiger partial charge in [0.25, 0.3) is 0 Å². The van der Waals surface area contributed by atoms with Gasteiger partial charge in [-0.15, -0.1) is 0 Å². The second-order valence-corrected chi connectivity index (χ2v) is 5.82. The summed E-state index contributed by atoms with van der Waals surface area (Å²) < 4.78 is 13.1. The summed E-state index contributed by atoms with van der Waals surface area (Å²) in [6.07, 6.45) is 5.18. The minimum Gasteiger partial charge on any atom is -0.489 e. The highest BCUT2D eigenvalue weighted by molar-refractivity contribution is 5.78. The highest BCUT2D eigenvalue weighted by Crippen LogP contribution is 2.20. The van der Waals surface area contributed by atoms with Crippen LogP contribution in [0.25, 0.3) is 16.7 Å². The predicted octanol–water partition coefficient (Wildman–Crippen LogP) is 3.87. The first-order chi connectivity index (χ1) is 12.2. The number of hydrogen-bond acceptors (Lipinski definition) is 4. The van der Waals surface area contributed by atoms with E-state index in [0.717, 1.165) is 11.3 Å². The van der Waals surface area contributed by atoms with Crippen LogP contribution in [0.4, 0.5) is 0 Å². The van der Waals surface area contributed by atoms with Crippen molar-refractivity contribution in [2.75, 3.05) is 0 Å². The zero-order valence-corrected chi connectivity index (χ0v) is 13.7. The summed E-state index contributed by atoms with van der Waals surface area (Å²) in [5.74, 6) is 0.645. The molecule has 0 N–H and O–H groups in total. The molecule has 0 aliphatic carbocycles. The molecule has 0 saturated carbocycles. The minimum atomic E-state index is -0.0167. The molecule has 2 aromatic carbocycles. The Morgan fingerprint density at radius 3 is 2.84 bits per heavy atom. The Labute approximate surface area is 144 Å². The van der Waals surface area contributed by atoms with E-state index in [1.165, 1.54) is 6.26 Å². The van der Waals surface area contributed by atoms with E-state index in [1.54, 1.807) is 36.0 Å². The highest BCUT2D eigenvalue weighted by atomic mass is 16.5. The van der Waals surface area contributed by atoms with Crippen molar-refractivity contribution in [2.45, 2.75) is 13.5 Å². The molecule has 0 atom stereocenters. The van der Waals surface area contributed by atoms with Crippen LogP contribution in [0.15, 0.2) is 76.4 Å². The number of para-hydroxylation sites is 1. The van der Waals surface area contributed by atoms with Crippen LogP contribution in [-0.4, -0.2) is 9.78 Å². The van der Waals surface area contributed by atoms with Gasteiger partial charge in [0, 0.05) is 23.4 Å². The molecule has 0 aliphatic heterocycles. The van der Waals surface area contributed by atoms with Gasteiger partial charge in [-0.25, -0.2) is 4.68 Å². The lowest BCUT2D eigenvalue weighted by Gasteiger charge is -2.05. The van der Waals surface area contributed by atoms with Crippen LogP contribution in [0.2, 0.25) is 0 Å². The van der Waals surface area contributed by atoms with Crippen LogP contribution in [0.5, 0.6) is 5.75 Å². The molecule has 0 radical (unpaired) electrons. The van der Waals surface area contributed by atoms with E-state index < -0.39 is 0 Å². The highest BCUT2D eigenvalue weighted by Gasteiger charge is 2.06. The first-order valence-corrected chi connectivity index (χ1v) is 7.95. The van der Waals surface area contributed by atoms with Gasteiger partial charge in [-0.3, -0.25) is 4.79 Å². The van der Waals surface area contributed by atoms with E-state index >= 15 is 0 Å². The topological polar surface area (TPSA) is 57.3 Å². The van der Waals surface area contributed by atoms with Crippen molar-refractivity contribution in [1.29, 1.82) is 0 Å². The number of hydrogen-bond donors (Lipinski definition) is 0. The van der Waals surface area contributed by atoms with Crippen molar-refractivity contribution in [1.82, 2.24) is 9.78 Å². The molecule has 0 amide bonds. The van der Waals surface area contributed by atoms with Crippen molar-refractivity contribution >= 4 is 11.0 Å². The molecule has 0 bridgehead atoms. The Balaban J connectivity index is 1.52. The van der Waals surface area contributed by atoms with Gasteiger partial charge >= 0.3 is 0 Å². The molecule has 5 nitrogen and oxygen atoms in total. The second kappa shape index (κ2) is 6.28. The number of rotatable bonds is 4. The lowest BCUT2D eigenvalue weighted by Crippen LogP contribution is -2.04. The number of ether oxygens (including phenoxy) is 1. The fourth-order valence-corrected chi connectivity index (χ4v) is 2.62. The van der Waals surface area contributed by atoms with Crippen LogP contribution < -0.4 is 10.2 Å². The molecule has 4 aromatic rings. The second-order valence-electron chi connectivity index (χ2n) is 5.82. The lowest BCUT2D eigenvalue weighted by atomic mass is 10.2. The summed E-state index contributed by atoms with van der Waals surface area (Å²) in [6, 6.07) is 15.1. The van der Waals surface area contributed by atoms with E-state index in [4.69, 9.17) is 9.15 Å². The summed E-state index contributed by atoms with van der Waals surface area (Å²) in [5, 5.41) is 4.91. The third-order valence-corrected chi connectivity index (χ3v) is 3.98. The largest absolute Gasteiger partial charge is 0.489 e. The van der Waals surface area contributed by atoms with Crippen LogP contribution in [-0.2, 0) is 6.61 Å². The molecule has 0 aliphatic rings. The van der Waals surface area contributed by atoms with Gasteiger partial charge in [0.05, 0.1) is 23.5 Å². The van der Waals surface area contributed by atoms with E-state index in [9.17, 15) is 4.79 Å². The average Bonchev–Trinajstić information content (AvgIpc) is 3.13. The number of aromatic nitrogens is 2. The van der Waals surface area contributed by atoms with Gasteiger partial charge in [0.2, 0.25) is 0 Å². The molecule has 124 valence electrons. The maximum atomic E-state index is 12.0. The van der Waals surface area contributed by atoms with E-state index in [1.807, 2.05) is 36.5 Å². The summed E-state index contributed by atoms with van der Waals surface area (Å²) in [7, 11) is 0. The Bertz CT molecular complexity index is 1080. The third kappa shape index (κ3) is 3.04. The maximum absolute atomic E-state index is 12.0. The van der Waals surface area contributed by atoms with Crippen LogP contribution >= 0.6 is 0 Å². The Kier molecular flexibility index (Phi) is 3.82. The van der Waals surface area contributed by atoms with Crippen molar-refractivity contribution in [3.8, 4) is 11.4 Å². The fourth-order valence-electron chi connectivity index (χ4n) is 2.62. The summed E-state index contributed by atoms with van der Waals surface area (Å²) in [5.41, 5.74) is 3.05. The molecule has 25 heavy (non-hydrogen) atoms. The molecule has 5 heteroatoms.